The standard InChI is InChI=1S/C12H16N2O4/c15-7-6-10(14-12(17)18)11(16)13-8-9-4-2-1-3-5-9/h1-5,10,14-15H,6-8H2,(H,13,16)(H,17,18). The number of nitrogens with one attached hydrogen (secondary N) is 2. The van der Waals surface area contributed by atoms with Crippen molar-refractivity contribution in [2.75, 3.05) is 6.61 Å². The summed E-state index contributed by atoms with van der Waals surface area (Å²) in [6, 6.07) is 8.34. The van der Waals surface area contributed by atoms with Gasteiger partial charge in [-0.05, 0) is 12.0 Å². The van der Waals surface area contributed by atoms with E-state index < -0.39 is 18.0 Å². The van der Waals surface area contributed by atoms with Gasteiger partial charge in [0, 0.05) is 13.2 Å². The van der Waals surface area contributed by atoms with Crippen molar-refractivity contribution in [3.63, 3.8) is 0 Å². The Hall–Kier alpha value is -2.08. The molecule has 1 aromatic rings. The summed E-state index contributed by atoms with van der Waals surface area (Å²) in [5.74, 6) is -0.449. The number of aliphatic hydroxyl groups is 1. The van der Waals surface area contributed by atoms with Crippen molar-refractivity contribution in [2.45, 2.75) is 19.0 Å². The van der Waals surface area contributed by atoms with E-state index in [1.54, 1.807) is 0 Å². The number of hydrogen-bond acceptors (Lipinski definition) is 3. The molecule has 0 radical (unpaired) electrons. The van der Waals surface area contributed by atoms with Crippen LogP contribution in [0.15, 0.2) is 30.3 Å². The first-order chi connectivity index (χ1) is 8.63. The predicted molar refractivity (Wildman–Crippen MR) is 64.9 cm³/mol. The van der Waals surface area contributed by atoms with Crippen molar-refractivity contribution in [2.24, 2.45) is 0 Å². The van der Waals surface area contributed by atoms with Crippen LogP contribution < -0.4 is 10.6 Å². The highest BCUT2D eigenvalue weighted by Gasteiger charge is 2.19. The van der Waals surface area contributed by atoms with Gasteiger partial charge >= 0.3 is 6.09 Å². The molecule has 1 unspecified atom stereocenters. The SMILES string of the molecule is O=C(O)NC(CCO)C(=O)NCc1ccccc1. The molecule has 0 spiro atoms. The first kappa shape index (κ1) is 14.0. The third-order valence-corrected chi connectivity index (χ3v) is 2.34. The smallest absolute Gasteiger partial charge is 0.405 e. The number of aliphatic hydroxyl groups excluding tert-OH is 1. The topological polar surface area (TPSA) is 98.7 Å². The normalized spacial score (nSPS) is 11.6. The van der Waals surface area contributed by atoms with Gasteiger partial charge in [-0.3, -0.25) is 4.79 Å². The number of rotatable bonds is 6. The first-order valence-electron chi connectivity index (χ1n) is 5.55. The Bertz CT molecular complexity index is 394. The Morgan fingerprint density at radius 1 is 1.22 bits per heavy atom. The van der Waals surface area contributed by atoms with Gasteiger partial charge in [0.25, 0.3) is 0 Å². The summed E-state index contributed by atoms with van der Waals surface area (Å²) in [7, 11) is 0. The lowest BCUT2D eigenvalue weighted by atomic mass is 10.2. The lowest BCUT2D eigenvalue weighted by Gasteiger charge is -2.15. The average molecular weight is 252 g/mol. The quantitative estimate of drug-likeness (QED) is 0.586. The number of carbonyl (C=O) groups is 2. The number of amides is 2. The van der Waals surface area contributed by atoms with Crippen LogP contribution in [0.25, 0.3) is 0 Å². The summed E-state index contributed by atoms with van der Waals surface area (Å²) in [4.78, 5) is 22.2. The van der Waals surface area contributed by atoms with Crippen LogP contribution in [0, 0.1) is 0 Å². The highest BCUT2D eigenvalue weighted by Crippen LogP contribution is 1.98. The molecule has 0 aliphatic heterocycles. The van der Waals surface area contributed by atoms with Gasteiger partial charge in [0.15, 0.2) is 0 Å². The van der Waals surface area contributed by atoms with Gasteiger partial charge < -0.3 is 20.8 Å². The van der Waals surface area contributed by atoms with Gasteiger partial charge in [-0.15, -0.1) is 0 Å². The molecule has 0 aromatic heterocycles. The van der Waals surface area contributed by atoms with Crippen molar-refractivity contribution in [1.82, 2.24) is 10.6 Å². The van der Waals surface area contributed by atoms with Gasteiger partial charge in [0.05, 0.1) is 0 Å². The summed E-state index contributed by atoms with van der Waals surface area (Å²) in [5.41, 5.74) is 0.920. The van der Waals surface area contributed by atoms with Crippen molar-refractivity contribution in [3.8, 4) is 0 Å². The zero-order chi connectivity index (χ0) is 13.4. The average Bonchev–Trinajstić information content (AvgIpc) is 2.36. The monoisotopic (exact) mass is 252 g/mol. The van der Waals surface area contributed by atoms with E-state index in [0.717, 1.165) is 5.56 Å². The molecule has 0 fully saturated rings. The fourth-order valence-corrected chi connectivity index (χ4v) is 1.46. The predicted octanol–water partition coefficient (Wildman–Crippen LogP) is 0.321. The summed E-state index contributed by atoms with van der Waals surface area (Å²) in [6.07, 6.45) is -1.24. The van der Waals surface area contributed by atoms with E-state index in [0.29, 0.717) is 6.54 Å². The molecule has 0 saturated heterocycles. The second kappa shape index (κ2) is 7.29. The highest BCUT2D eigenvalue weighted by atomic mass is 16.4. The third kappa shape index (κ3) is 4.84. The second-order valence-electron chi connectivity index (χ2n) is 3.72. The van der Waals surface area contributed by atoms with Gasteiger partial charge in [-0.1, -0.05) is 30.3 Å². The molecule has 6 heteroatoms. The highest BCUT2D eigenvalue weighted by molar-refractivity contribution is 5.85. The Morgan fingerprint density at radius 2 is 1.89 bits per heavy atom. The van der Waals surface area contributed by atoms with Crippen LogP contribution in [0.3, 0.4) is 0 Å². The van der Waals surface area contributed by atoms with E-state index in [4.69, 9.17) is 10.2 Å². The Labute approximate surface area is 105 Å². The molecule has 1 atom stereocenters. The molecule has 0 saturated carbocycles. The fourth-order valence-electron chi connectivity index (χ4n) is 1.46. The lowest BCUT2D eigenvalue weighted by molar-refractivity contribution is -0.123. The first-order valence-corrected chi connectivity index (χ1v) is 5.55. The molecule has 1 aromatic carbocycles. The zero-order valence-corrected chi connectivity index (χ0v) is 9.80. The molecule has 4 N–H and O–H groups in total. The van der Waals surface area contributed by atoms with Crippen LogP contribution in [-0.2, 0) is 11.3 Å². The van der Waals surface area contributed by atoms with Gasteiger partial charge in [0.1, 0.15) is 6.04 Å². The van der Waals surface area contributed by atoms with Crippen LogP contribution in [0.5, 0.6) is 0 Å². The maximum absolute atomic E-state index is 11.7. The van der Waals surface area contributed by atoms with Crippen molar-refractivity contribution >= 4 is 12.0 Å². The molecule has 18 heavy (non-hydrogen) atoms. The number of carboxylic acid groups (broad SMARTS) is 1. The van der Waals surface area contributed by atoms with E-state index >= 15 is 0 Å². The van der Waals surface area contributed by atoms with Crippen LogP contribution in [0.1, 0.15) is 12.0 Å². The summed E-state index contributed by atoms with van der Waals surface area (Å²) >= 11 is 0. The maximum atomic E-state index is 11.7. The molecular weight excluding hydrogens is 236 g/mol. The fraction of sp³-hybridized carbons (Fsp3) is 0.333. The largest absolute Gasteiger partial charge is 0.465 e. The Kier molecular flexibility index (Phi) is 5.66. The van der Waals surface area contributed by atoms with E-state index in [1.165, 1.54) is 0 Å². The molecule has 6 nitrogen and oxygen atoms in total. The third-order valence-electron chi connectivity index (χ3n) is 2.34. The summed E-state index contributed by atoms with van der Waals surface area (Å²) < 4.78 is 0. The van der Waals surface area contributed by atoms with E-state index in [-0.39, 0.29) is 13.0 Å². The number of carbonyl (C=O) groups excluding carboxylic acids is 1. The van der Waals surface area contributed by atoms with Crippen molar-refractivity contribution in [1.29, 1.82) is 0 Å². The summed E-state index contributed by atoms with van der Waals surface area (Å²) in [5, 5.41) is 22.0. The van der Waals surface area contributed by atoms with Crippen molar-refractivity contribution in [3.05, 3.63) is 35.9 Å². The van der Waals surface area contributed by atoms with E-state index in [9.17, 15) is 9.59 Å². The second-order valence-corrected chi connectivity index (χ2v) is 3.72. The molecular formula is C12H16N2O4. The van der Waals surface area contributed by atoms with Crippen LogP contribution in [-0.4, -0.2) is 34.9 Å². The van der Waals surface area contributed by atoms with Gasteiger partial charge in [-0.2, -0.15) is 0 Å². The van der Waals surface area contributed by atoms with Gasteiger partial charge in [0.2, 0.25) is 5.91 Å². The van der Waals surface area contributed by atoms with Gasteiger partial charge in [-0.25, -0.2) is 4.79 Å². The zero-order valence-electron chi connectivity index (χ0n) is 9.80. The summed E-state index contributed by atoms with van der Waals surface area (Å²) in [6.45, 7) is 0.0621. The molecule has 0 heterocycles. The minimum atomic E-state index is -1.29. The Morgan fingerprint density at radius 3 is 2.44 bits per heavy atom. The number of hydrogen-bond donors (Lipinski definition) is 4. The van der Waals surface area contributed by atoms with E-state index in [1.807, 2.05) is 30.3 Å². The molecule has 2 amide bonds. The van der Waals surface area contributed by atoms with E-state index in [2.05, 4.69) is 10.6 Å². The van der Waals surface area contributed by atoms with Crippen LogP contribution in [0.2, 0.25) is 0 Å². The molecule has 98 valence electrons. The molecule has 0 bridgehead atoms. The van der Waals surface area contributed by atoms with Crippen LogP contribution in [0.4, 0.5) is 4.79 Å². The number of benzene rings is 1. The van der Waals surface area contributed by atoms with Crippen molar-refractivity contribution < 1.29 is 19.8 Å². The minimum Gasteiger partial charge on any atom is -0.465 e. The molecule has 0 aliphatic carbocycles. The molecule has 0 aliphatic rings. The minimum absolute atomic E-state index is 0.0485. The Balaban J connectivity index is 2.48. The van der Waals surface area contributed by atoms with Crippen LogP contribution >= 0.6 is 0 Å². The maximum Gasteiger partial charge on any atom is 0.405 e. The lowest BCUT2D eigenvalue weighted by Crippen LogP contribution is -2.46. The molecule has 1 rings (SSSR count).